The molecule has 2 rings (SSSR count). The Balaban J connectivity index is 2.42. The number of imidazole rings is 1. The van der Waals surface area contributed by atoms with Crippen LogP contribution in [0.2, 0.25) is 5.02 Å². The lowest BCUT2D eigenvalue weighted by molar-refractivity contribution is -0.136. The third-order valence-electron chi connectivity index (χ3n) is 4.58. The van der Waals surface area contributed by atoms with Crippen LogP contribution in [-0.2, 0) is 22.5 Å². The minimum absolute atomic E-state index is 0.274. The smallest absolute Gasteiger partial charge is 0.333 e. The molecular weight excluding hydrogens is 360 g/mol. The van der Waals surface area contributed by atoms with Crippen molar-refractivity contribution in [3.63, 3.8) is 0 Å². The van der Waals surface area contributed by atoms with Gasteiger partial charge in [-0.1, -0.05) is 56.5 Å². The summed E-state index contributed by atoms with van der Waals surface area (Å²) in [7, 11) is 1.43. The summed E-state index contributed by atoms with van der Waals surface area (Å²) in [6, 6.07) is 7.84. The summed E-state index contributed by atoms with van der Waals surface area (Å²) in [6.07, 6.45) is 9.51. The fourth-order valence-corrected chi connectivity index (χ4v) is 3.16. The Morgan fingerprint density at radius 3 is 2.63 bits per heavy atom. The van der Waals surface area contributed by atoms with Gasteiger partial charge < -0.3 is 9.30 Å². The minimum atomic E-state index is -0.274. The molecule has 4 nitrogen and oxygen atoms in total. The molecule has 0 unspecified atom stereocenters. The lowest BCUT2D eigenvalue weighted by Gasteiger charge is -2.13. The molecule has 1 aromatic heterocycles. The lowest BCUT2D eigenvalue weighted by atomic mass is 10.1. The molecule has 0 aliphatic rings. The van der Waals surface area contributed by atoms with E-state index < -0.39 is 0 Å². The molecule has 0 amide bonds. The number of rotatable bonds is 10. The first-order valence-corrected chi connectivity index (χ1v) is 10.0. The van der Waals surface area contributed by atoms with Crippen molar-refractivity contribution < 1.29 is 9.53 Å². The number of carbonyl (C=O) groups excluding carboxylic acids is 1. The number of carbonyl (C=O) groups is 1. The molecule has 27 heavy (non-hydrogen) atoms. The van der Waals surface area contributed by atoms with Crippen molar-refractivity contribution in [1.29, 1.82) is 0 Å². The van der Waals surface area contributed by atoms with Crippen LogP contribution in [-0.4, -0.2) is 22.6 Å². The maximum absolute atomic E-state index is 12.2. The van der Waals surface area contributed by atoms with Gasteiger partial charge in [-0.15, -0.1) is 0 Å². The SMILES string of the molecule is CCCC/C(=C\c1cnc(CCCC)n1Cc1ccccc1Cl)C(=O)OC. The Bertz CT molecular complexity index is 780. The van der Waals surface area contributed by atoms with E-state index in [4.69, 9.17) is 16.3 Å². The Hall–Kier alpha value is -2.07. The summed E-state index contributed by atoms with van der Waals surface area (Å²) >= 11 is 6.37. The number of aromatic nitrogens is 2. The van der Waals surface area contributed by atoms with E-state index in [0.717, 1.165) is 54.2 Å². The zero-order valence-corrected chi connectivity index (χ0v) is 17.3. The van der Waals surface area contributed by atoms with Crippen molar-refractivity contribution in [2.24, 2.45) is 0 Å². The molecule has 5 heteroatoms. The first kappa shape index (κ1) is 21.2. The molecule has 0 saturated heterocycles. The summed E-state index contributed by atoms with van der Waals surface area (Å²) in [5.74, 6) is 0.742. The normalized spacial score (nSPS) is 11.6. The second-order valence-corrected chi connectivity index (χ2v) is 7.05. The minimum Gasteiger partial charge on any atom is -0.466 e. The van der Waals surface area contributed by atoms with Crippen LogP contribution in [0, 0.1) is 0 Å². The van der Waals surface area contributed by atoms with Crippen LogP contribution < -0.4 is 0 Å². The van der Waals surface area contributed by atoms with Crippen molar-refractivity contribution in [2.75, 3.05) is 7.11 Å². The molecule has 0 saturated carbocycles. The van der Waals surface area contributed by atoms with Gasteiger partial charge in [-0.2, -0.15) is 0 Å². The standard InChI is InChI=1S/C22H29ClN2O2/c1-4-6-10-17(22(26)27-3)14-19-15-24-21(13-7-5-2)25(19)16-18-11-8-9-12-20(18)23/h8-9,11-12,14-15H,4-7,10,13,16H2,1-3H3/b17-14+. The average molecular weight is 389 g/mol. The number of hydrogen-bond acceptors (Lipinski definition) is 3. The quantitative estimate of drug-likeness (QED) is 0.388. The van der Waals surface area contributed by atoms with Gasteiger partial charge in [-0.25, -0.2) is 9.78 Å². The number of nitrogens with zero attached hydrogens (tertiary/aromatic N) is 2. The maximum Gasteiger partial charge on any atom is 0.333 e. The van der Waals surface area contributed by atoms with Gasteiger partial charge in [0.1, 0.15) is 5.82 Å². The first-order chi connectivity index (χ1) is 13.1. The van der Waals surface area contributed by atoms with Crippen LogP contribution in [0.25, 0.3) is 6.08 Å². The average Bonchev–Trinajstić information content (AvgIpc) is 3.05. The summed E-state index contributed by atoms with van der Waals surface area (Å²) < 4.78 is 7.13. The van der Waals surface area contributed by atoms with Crippen molar-refractivity contribution in [3.8, 4) is 0 Å². The molecule has 146 valence electrons. The first-order valence-electron chi connectivity index (χ1n) is 9.67. The largest absolute Gasteiger partial charge is 0.466 e. The molecule has 1 heterocycles. The van der Waals surface area contributed by atoms with Crippen molar-refractivity contribution in [1.82, 2.24) is 9.55 Å². The highest BCUT2D eigenvalue weighted by atomic mass is 35.5. The molecule has 0 aliphatic carbocycles. The number of methoxy groups -OCH3 is 1. The molecule has 0 atom stereocenters. The summed E-state index contributed by atoms with van der Waals surface area (Å²) in [4.78, 5) is 16.8. The van der Waals surface area contributed by atoms with E-state index in [2.05, 4.69) is 23.4 Å². The van der Waals surface area contributed by atoms with E-state index in [-0.39, 0.29) is 5.97 Å². The molecular formula is C22H29ClN2O2. The zero-order chi connectivity index (χ0) is 19.6. The van der Waals surface area contributed by atoms with Gasteiger partial charge in [0.15, 0.2) is 0 Å². The lowest BCUT2D eigenvalue weighted by Crippen LogP contribution is -2.09. The second-order valence-electron chi connectivity index (χ2n) is 6.65. The zero-order valence-electron chi connectivity index (χ0n) is 16.5. The molecule has 1 aromatic carbocycles. The highest BCUT2D eigenvalue weighted by Crippen LogP contribution is 2.21. The van der Waals surface area contributed by atoms with Crippen LogP contribution in [0.15, 0.2) is 36.0 Å². The third-order valence-corrected chi connectivity index (χ3v) is 4.95. The number of aryl methyl sites for hydroxylation is 1. The van der Waals surface area contributed by atoms with Gasteiger partial charge in [0.05, 0.1) is 25.5 Å². The second kappa shape index (κ2) is 10.9. The van der Waals surface area contributed by atoms with Crippen LogP contribution >= 0.6 is 11.6 Å². The molecule has 0 aliphatic heterocycles. The van der Waals surface area contributed by atoms with Crippen molar-refractivity contribution in [2.45, 2.75) is 58.9 Å². The molecule has 0 spiro atoms. The monoisotopic (exact) mass is 388 g/mol. The Kier molecular flexibility index (Phi) is 8.59. The molecule has 0 fully saturated rings. The summed E-state index contributed by atoms with van der Waals surface area (Å²) in [5, 5.41) is 0.738. The number of unbranched alkanes of at least 4 members (excludes halogenated alkanes) is 2. The number of halogens is 1. The predicted molar refractivity (Wildman–Crippen MR) is 111 cm³/mol. The van der Waals surface area contributed by atoms with Gasteiger partial charge >= 0.3 is 5.97 Å². The van der Waals surface area contributed by atoms with Crippen LogP contribution in [0.5, 0.6) is 0 Å². The van der Waals surface area contributed by atoms with E-state index in [0.29, 0.717) is 18.5 Å². The van der Waals surface area contributed by atoms with E-state index in [9.17, 15) is 4.79 Å². The van der Waals surface area contributed by atoms with E-state index in [1.807, 2.05) is 36.5 Å². The summed E-state index contributed by atoms with van der Waals surface area (Å²) in [5.41, 5.74) is 2.64. The predicted octanol–water partition coefficient (Wildman–Crippen LogP) is 5.67. The molecule has 2 aromatic rings. The van der Waals surface area contributed by atoms with E-state index in [1.54, 1.807) is 0 Å². The van der Waals surface area contributed by atoms with Crippen LogP contribution in [0.3, 0.4) is 0 Å². The molecule has 0 radical (unpaired) electrons. The van der Waals surface area contributed by atoms with Gasteiger partial charge in [0, 0.05) is 17.0 Å². The van der Waals surface area contributed by atoms with E-state index >= 15 is 0 Å². The van der Waals surface area contributed by atoms with Crippen molar-refractivity contribution in [3.05, 3.63) is 58.1 Å². The Morgan fingerprint density at radius 2 is 1.96 bits per heavy atom. The molecule has 0 N–H and O–H groups in total. The fourth-order valence-electron chi connectivity index (χ4n) is 2.97. The van der Waals surface area contributed by atoms with Gasteiger partial charge in [0.25, 0.3) is 0 Å². The van der Waals surface area contributed by atoms with Crippen LogP contribution in [0.4, 0.5) is 0 Å². The maximum atomic E-state index is 12.2. The van der Waals surface area contributed by atoms with Crippen molar-refractivity contribution >= 4 is 23.6 Å². The topological polar surface area (TPSA) is 44.1 Å². The third kappa shape index (κ3) is 5.96. The number of benzene rings is 1. The van der Waals surface area contributed by atoms with E-state index in [1.165, 1.54) is 7.11 Å². The number of esters is 1. The Labute approximate surface area is 167 Å². The number of hydrogen-bond donors (Lipinski definition) is 0. The summed E-state index contributed by atoms with van der Waals surface area (Å²) in [6.45, 7) is 4.91. The fraction of sp³-hybridized carbons (Fsp3) is 0.455. The highest BCUT2D eigenvalue weighted by Gasteiger charge is 2.14. The molecule has 0 bridgehead atoms. The van der Waals surface area contributed by atoms with Gasteiger partial charge in [-0.05, 0) is 37.0 Å². The Morgan fingerprint density at radius 1 is 1.22 bits per heavy atom. The highest BCUT2D eigenvalue weighted by molar-refractivity contribution is 6.31. The number of ether oxygens (including phenoxy) is 1. The van der Waals surface area contributed by atoms with Gasteiger partial charge in [0.2, 0.25) is 0 Å². The van der Waals surface area contributed by atoms with Crippen LogP contribution in [0.1, 0.15) is 63.0 Å². The van der Waals surface area contributed by atoms with Gasteiger partial charge in [-0.3, -0.25) is 0 Å².